The highest BCUT2D eigenvalue weighted by Gasteiger charge is 2.17. The molecule has 8 heteroatoms. The van der Waals surface area contributed by atoms with Crippen LogP contribution in [-0.2, 0) is 10.0 Å². The maximum Gasteiger partial charge on any atom is 0.262 e. The number of aromatic nitrogens is 1. The summed E-state index contributed by atoms with van der Waals surface area (Å²) in [6.45, 7) is 0. The lowest BCUT2D eigenvalue weighted by Crippen LogP contribution is -2.12. The molecule has 0 unspecified atom stereocenters. The Bertz CT molecular complexity index is 704. The molecule has 0 atom stereocenters. The smallest absolute Gasteiger partial charge is 0.262 e. The van der Waals surface area contributed by atoms with Crippen LogP contribution < -0.4 is 4.72 Å². The average molecular weight is 267 g/mol. The van der Waals surface area contributed by atoms with Gasteiger partial charge in [0.15, 0.2) is 0 Å². The van der Waals surface area contributed by atoms with Crippen molar-refractivity contribution in [3.63, 3.8) is 0 Å². The molecule has 2 aromatic rings. The van der Waals surface area contributed by atoms with E-state index < -0.39 is 15.8 Å². The van der Waals surface area contributed by atoms with Crippen LogP contribution in [0.4, 0.5) is 10.1 Å². The van der Waals surface area contributed by atoms with E-state index in [1.54, 1.807) is 6.07 Å². The van der Waals surface area contributed by atoms with E-state index in [0.29, 0.717) is 0 Å². The molecule has 0 amide bonds. The van der Waals surface area contributed by atoms with E-state index in [1.165, 1.54) is 6.20 Å². The largest absolute Gasteiger partial charge is 0.362 e. The maximum atomic E-state index is 13.1. The van der Waals surface area contributed by atoms with E-state index in [-0.39, 0.29) is 16.1 Å². The van der Waals surface area contributed by atoms with Crippen LogP contribution in [0.25, 0.3) is 0 Å². The molecule has 0 spiro atoms. The van der Waals surface area contributed by atoms with Crippen LogP contribution in [0.5, 0.6) is 0 Å². The van der Waals surface area contributed by atoms with Gasteiger partial charge in [-0.1, -0.05) is 5.16 Å². The second-order valence-electron chi connectivity index (χ2n) is 3.27. The Hall–Kier alpha value is -2.40. The third kappa shape index (κ3) is 2.31. The van der Waals surface area contributed by atoms with Gasteiger partial charge in [0.2, 0.25) is 0 Å². The molecule has 1 heterocycles. The molecule has 0 saturated heterocycles. The molecule has 0 saturated carbocycles. The zero-order valence-corrected chi connectivity index (χ0v) is 9.61. The summed E-state index contributed by atoms with van der Waals surface area (Å²) in [5.74, 6) is -0.776. The third-order valence-corrected chi connectivity index (χ3v) is 3.43. The normalized spacial score (nSPS) is 10.9. The molecule has 0 aliphatic rings. The highest BCUT2D eigenvalue weighted by Crippen LogP contribution is 2.18. The number of benzene rings is 1. The predicted octanol–water partition coefficient (Wildman–Crippen LogP) is 1.49. The number of halogens is 1. The predicted molar refractivity (Wildman–Crippen MR) is 58.4 cm³/mol. The summed E-state index contributed by atoms with van der Waals surface area (Å²) < 4.78 is 43.4. The van der Waals surface area contributed by atoms with Gasteiger partial charge in [0.05, 0.1) is 16.7 Å². The van der Waals surface area contributed by atoms with E-state index in [9.17, 15) is 12.8 Å². The fourth-order valence-corrected chi connectivity index (χ4v) is 2.28. The van der Waals surface area contributed by atoms with Gasteiger partial charge in [-0.3, -0.25) is 4.72 Å². The zero-order chi connectivity index (χ0) is 13.2. The second-order valence-corrected chi connectivity index (χ2v) is 4.95. The molecule has 92 valence electrons. The summed E-state index contributed by atoms with van der Waals surface area (Å²) in [5.41, 5.74) is -0.207. The van der Waals surface area contributed by atoms with Crippen molar-refractivity contribution >= 4 is 15.7 Å². The lowest BCUT2D eigenvalue weighted by molar-refractivity contribution is 0.420. The molecule has 2 rings (SSSR count). The Balaban J connectivity index is 2.39. The summed E-state index contributed by atoms with van der Waals surface area (Å²) in [6.07, 6.45) is 2.28. The number of hydrogen-bond donors (Lipinski definition) is 1. The van der Waals surface area contributed by atoms with Crippen LogP contribution in [0, 0.1) is 17.1 Å². The van der Waals surface area contributed by atoms with Crippen LogP contribution >= 0.6 is 0 Å². The highest BCUT2D eigenvalue weighted by molar-refractivity contribution is 7.92. The van der Waals surface area contributed by atoms with Crippen LogP contribution in [0.2, 0.25) is 0 Å². The first-order chi connectivity index (χ1) is 8.53. The minimum absolute atomic E-state index is 0.137. The van der Waals surface area contributed by atoms with Crippen LogP contribution in [-0.4, -0.2) is 13.6 Å². The van der Waals surface area contributed by atoms with Gasteiger partial charge < -0.3 is 4.52 Å². The van der Waals surface area contributed by atoms with Gasteiger partial charge >= 0.3 is 0 Å². The van der Waals surface area contributed by atoms with Crippen molar-refractivity contribution < 1.29 is 17.3 Å². The molecular formula is C10H6FN3O3S. The number of anilines is 1. The Labute approximate surface area is 102 Å². The number of nitrogens with one attached hydrogen (secondary N) is 1. The van der Waals surface area contributed by atoms with Gasteiger partial charge in [0.25, 0.3) is 10.0 Å². The average Bonchev–Trinajstić information content (AvgIpc) is 2.81. The molecule has 1 aromatic carbocycles. The number of rotatable bonds is 3. The van der Waals surface area contributed by atoms with E-state index >= 15 is 0 Å². The highest BCUT2D eigenvalue weighted by atomic mass is 32.2. The molecule has 0 aliphatic heterocycles. The standard InChI is InChI=1S/C10H6FN3O3S/c11-10-2-1-9(3-7(10)4-12)18(15,16)14-8-5-13-17-6-8/h1-3,5-6,14H. The van der Waals surface area contributed by atoms with Crippen LogP contribution in [0.3, 0.4) is 0 Å². The first-order valence-electron chi connectivity index (χ1n) is 4.65. The van der Waals surface area contributed by atoms with Crippen LogP contribution in [0.15, 0.2) is 40.1 Å². The SMILES string of the molecule is N#Cc1cc(S(=O)(=O)Nc2cnoc2)ccc1F. The second kappa shape index (κ2) is 4.46. The molecule has 18 heavy (non-hydrogen) atoms. The Kier molecular flexibility index (Phi) is 2.99. The minimum atomic E-state index is -3.90. The van der Waals surface area contributed by atoms with E-state index in [2.05, 4.69) is 14.4 Å². The Morgan fingerprint density at radius 1 is 1.44 bits per heavy atom. The van der Waals surface area contributed by atoms with E-state index in [1.807, 2.05) is 0 Å². The molecule has 0 aliphatic carbocycles. The summed E-state index contributed by atoms with van der Waals surface area (Å²) in [7, 11) is -3.90. The molecule has 0 radical (unpaired) electrons. The Morgan fingerprint density at radius 3 is 2.83 bits per heavy atom. The minimum Gasteiger partial charge on any atom is -0.362 e. The topological polar surface area (TPSA) is 96.0 Å². The first-order valence-corrected chi connectivity index (χ1v) is 6.13. The summed E-state index contributed by atoms with van der Waals surface area (Å²) in [6, 6.07) is 4.50. The van der Waals surface area contributed by atoms with Gasteiger partial charge in [0.1, 0.15) is 23.8 Å². The van der Waals surface area contributed by atoms with Gasteiger partial charge in [0, 0.05) is 0 Å². The first kappa shape index (κ1) is 12.1. The molecule has 1 aromatic heterocycles. The summed E-state index contributed by atoms with van der Waals surface area (Å²) in [5, 5.41) is 12.0. The summed E-state index contributed by atoms with van der Waals surface area (Å²) in [4.78, 5) is -0.221. The van der Waals surface area contributed by atoms with Crippen LogP contribution in [0.1, 0.15) is 5.56 Å². The molecular weight excluding hydrogens is 261 g/mol. The summed E-state index contributed by atoms with van der Waals surface area (Å²) >= 11 is 0. The van der Waals surface area contributed by atoms with Gasteiger partial charge in [-0.15, -0.1) is 0 Å². The molecule has 0 fully saturated rings. The zero-order valence-electron chi connectivity index (χ0n) is 8.79. The van der Waals surface area contributed by atoms with Gasteiger partial charge in [-0.2, -0.15) is 5.26 Å². The van der Waals surface area contributed by atoms with E-state index in [4.69, 9.17) is 5.26 Å². The number of hydrogen-bond acceptors (Lipinski definition) is 5. The third-order valence-electron chi connectivity index (χ3n) is 2.05. The monoisotopic (exact) mass is 267 g/mol. The van der Waals surface area contributed by atoms with Crippen molar-refractivity contribution in [1.29, 1.82) is 5.26 Å². The maximum absolute atomic E-state index is 13.1. The van der Waals surface area contributed by atoms with Crippen molar-refractivity contribution in [2.75, 3.05) is 4.72 Å². The van der Waals surface area contributed by atoms with Crippen molar-refractivity contribution in [3.8, 4) is 6.07 Å². The molecule has 6 nitrogen and oxygen atoms in total. The number of nitriles is 1. The fourth-order valence-electron chi connectivity index (χ4n) is 1.23. The molecule has 0 bridgehead atoms. The lowest BCUT2D eigenvalue weighted by atomic mass is 10.2. The van der Waals surface area contributed by atoms with E-state index in [0.717, 1.165) is 24.5 Å². The van der Waals surface area contributed by atoms with Crippen molar-refractivity contribution in [2.45, 2.75) is 4.90 Å². The number of sulfonamides is 1. The lowest BCUT2D eigenvalue weighted by Gasteiger charge is -2.05. The van der Waals surface area contributed by atoms with Crippen molar-refractivity contribution in [2.24, 2.45) is 0 Å². The Morgan fingerprint density at radius 2 is 2.22 bits per heavy atom. The quantitative estimate of drug-likeness (QED) is 0.908. The van der Waals surface area contributed by atoms with Gasteiger partial charge in [-0.25, -0.2) is 12.8 Å². The fraction of sp³-hybridized carbons (Fsp3) is 0. The van der Waals surface area contributed by atoms with Gasteiger partial charge in [-0.05, 0) is 18.2 Å². The molecule has 1 N–H and O–H groups in total. The number of nitrogens with zero attached hydrogens (tertiary/aromatic N) is 2. The van der Waals surface area contributed by atoms with Crippen molar-refractivity contribution in [3.05, 3.63) is 42.0 Å². The van der Waals surface area contributed by atoms with Crippen molar-refractivity contribution in [1.82, 2.24) is 5.16 Å².